The van der Waals surface area contributed by atoms with Crippen LogP contribution in [0.3, 0.4) is 0 Å². The second kappa shape index (κ2) is 6.53. The molecular formula is C18H21FN6O3. The average molecular weight is 388 g/mol. The SMILES string of the molecule is C[C@H]1COc2c(N3CCC(C(N)CC#N)C3)c(F)cc3c(=O)n(N)c(=O)n1c23. The molecule has 28 heavy (non-hydrogen) atoms. The number of nitrogen functional groups attached to an aromatic ring is 1. The van der Waals surface area contributed by atoms with Crippen molar-refractivity contribution in [3.63, 3.8) is 0 Å². The summed E-state index contributed by atoms with van der Waals surface area (Å²) in [6.45, 7) is 2.93. The fourth-order valence-electron chi connectivity index (χ4n) is 4.17. The van der Waals surface area contributed by atoms with Crippen molar-refractivity contribution < 1.29 is 9.13 Å². The normalized spacial score (nSPS) is 22.1. The number of nitrogens with two attached hydrogens (primary N) is 2. The topological polar surface area (TPSA) is 132 Å². The third kappa shape index (κ3) is 2.54. The van der Waals surface area contributed by atoms with Crippen LogP contribution in [-0.4, -0.2) is 35.0 Å². The molecule has 148 valence electrons. The van der Waals surface area contributed by atoms with Crippen molar-refractivity contribution in [2.75, 3.05) is 30.4 Å². The first-order valence-corrected chi connectivity index (χ1v) is 9.14. The number of rotatable bonds is 3. The molecule has 1 fully saturated rings. The number of nitriles is 1. The smallest absolute Gasteiger partial charge is 0.350 e. The van der Waals surface area contributed by atoms with Gasteiger partial charge in [-0.25, -0.2) is 9.18 Å². The van der Waals surface area contributed by atoms with Gasteiger partial charge in [-0.05, 0) is 25.3 Å². The van der Waals surface area contributed by atoms with E-state index in [-0.39, 0.29) is 53.4 Å². The maximum absolute atomic E-state index is 15.1. The first-order chi connectivity index (χ1) is 13.3. The van der Waals surface area contributed by atoms with E-state index < -0.39 is 17.1 Å². The Balaban J connectivity index is 1.90. The summed E-state index contributed by atoms with van der Waals surface area (Å²) in [4.78, 5) is 26.8. The third-order valence-electron chi connectivity index (χ3n) is 5.67. The molecule has 2 aliphatic rings. The number of hydrogen-bond acceptors (Lipinski definition) is 7. The van der Waals surface area contributed by atoms with Gasteiger partial charge in [-0.1, -0.05) is 0 Å². The van der Waals surface area contributed by atoms with Gasteiger partial charge in [0.2, 0.25) is 0 Å². The molecule has 2 unspecified atom stereocenters. The van der Waals surface area contributed by atoms with Gasteiger partial charge in [0.15, 0.2) is 11.6 Å². The number of benzene rings is 1. The van der Waals surface area contributed by atoms with Crippen molar-refractivity contribution in [2.45, 2.75) is 31.8 Å². The summed E-state index contributed by atoms with van der Waals surface area (Å²) in [7, 11) is 0. The fourth-order valence-corrected chi connectivity index (χ4v) is 4.17. The number of halogens is 1. The van der Waals surface area contributed by atoms with Crippen LogP contribution in [0, 0.1) is 23.1 Å². The van der Waals surface area contributed by atoms with Crippen molar-refractivity contribution in [3.05, 3.63) is 32.7 Å². The zero-order valence-corrected chi connectivity index (χ0v) is 15.4. The molecule has 1 aromatic heterocycles. The summed E-state index contributed by atoms with van der Waals surface area (Å²) in [5.74, 6) is 5.21. The molecule has 2 aliphatic heterocycles. The van der Waals surface area contributed by atoms with Crippen molar-refractivity contribution in [2.24, 2.45) is 11.7 Å². The second-order valence-corrected chi connectivity index (χ2v) is 7.44. The predicted molar refractivity (Wildman–Crippen MR) is 101 cm³/mol. The molecule has 3 atom stereocenters. The van der Waals surface area contributed by atoms with Crippen LogP contribution < -0.4 is 32.5 Å². The Hall–Kier alpha value is -3.06. The molecule has 0 bridgehead atoms. The number of aromatic nitrogens is 2. The highest BCUT2D eigenvalue weighted by Gasteiger charge is 2.34. The standard InChI is InChI=1S/C18H21FN6O3/c1-9-8-28-16-14-11(17(26)25(22)18(27)24(9)14)6-12(19)15(16)23-5-3-10(7-23)13(21)2-4-20/h6,9-10,13H,2-3,5,7-8,21-22H2,1H3/t9-,10?,13?/m0/s1. The molecule has 1 saturated heterocycles. The number of hydrogen-bond donors (Lipinski definition) is 2. The highest BCUT2D eigenvalue weighted by atomic mass is 19.1. The van der Waals surface area contributed by atoms with Gasteiger partial charge in [0.25, 0.3) is 5.56 Å². The summed E-state index contributed by atoms with van der Waals surface area (Å²) in [6.07, 6.45) is 0.947. The molecule has 3 heterocycles. The lowest BCUT2D eigenvalue weighted by atomic mass is 9.98. The summed E-state index contributed by atoms with van der Waals surface area (Å²) in [5, 5.41) is 8.87. The molecule has 0 spiro atoms. The van der Waals surface area contributed by atoms with E-state index in [4.69, 9.17) is 21.6 Å². The van der Waals surface area contributed by atoms with Crippen LogP contribution in [0.15, 0.2) is 15.7 Å². The van der Waals surface area contributed by atoms with Gasteiger partial charge < -0.3 is 21.2 Å². The minimum absolute atomic E-state index is 0.00169. The van der Waals surface area contributed by atoms with E-state index in [0.717, 1.165) is 6.07 Å². The zero-order chi connectivity index (χ0) is 20.2. The Kier molecular flexibility index (Phi) is 4.27. The van der Waals surface area contributed by atoms with Gasteiger partial charge in [0.05, 0.1) is 23.9 Å². The Morgan fingerprint density at radius 2 is 2.21 bits per heavy atom. The predicted octanol–water partition coefficient (Wildman–Crippen LogP) is 0.0368. The number of ether oxygens (including phenoxy) is 1. The number of nitrogens with zero attached hydrogens (tertiary/aromatic N) is 4. The van der Waals surface area contributed by atoms with Crippen molar-refractivity contribution in [1.29, 1.82) is 5.26 Å². The summed E-state index contributed by atoms with van der Waals surface area (Å²) >= 11 is 0. The molecule has 4 rings (SSSR count). The molecular weight excluding hydrogens is 367 g/mol. The molecule has 0 radical (unpaired) electrons. The Labute approximate surface area is 159 Å². The Morgan fingerprint density at radius 3 is 2.93 bits per heavy atom. The van der Waals surface area contributed by atoms with Gasteiger partial charge in [-0.3, -0.25) is 9.36 Å². The van der Waals surface area contributed by atoms with Gasteiger partial charge in [0, 0.05) is 19.1 Å². The van der Waals surface area contributed by atoms with Crippen LogP contribution in [0.4, 0.5) is 10.1 Å². The van der Waals surface area contributed by atoms with E-state index in [2.05, 4.69) is 6.07 Å². The van der Waals surface area contributed by atoms with Crippen molar-refractivity contribution in [1.82, 2.24) is 9.24 Å². The summed E-state index contributed by atoms with van der Waals surface area (Å²) in [5.41, 5.74) is 5.11. The maximum atomic E-state index is 15.1. The fraction of sp³-hybridized carbons (Fsp3) is 0.500. The van der Waals surface area contributed by atoms with Crippen LogP contribution in [-0.2, 0) is 0 Å². The lowest BCUT2D eigenvalue weighted by molar-refractivity contribution is 0.241. The van der Waals surface area contributed by atoms with E-state index >= 15 is 4.39 Å². The highest BCUT2D eigenvalue weighted by molar-refractivity contribution is 5.91. The number of anilines is 1. The third-order valence-corrected chi connectivity index (χ3v) is 5.67. The maximum Gasteiger partial charge on any atom is 0.350 e. The van der Waals surface area contributed by atoms with Crippen LogP contribution in [0.5, 0.6) is 5.75 Å². The van der Waals surface area contributed by atoms with Gasteiger partial charge in [-0.15, -0.1) is 0 Å². The van der Waals surface area contributed by atoms with Crippen LogP contribution in [0.25, 0.3) is 10.9 Å². The lowest BCUT2D eigenvalue weighted by Crippen LogP contribution is -2.47. The van der Waals surface area contributed by atoms with Crippen molar-refractivity contribution >= 4 is 16.6 Å². The Bertz CT molecular complexity index is 1120. The summed E-state index contributed by atoms with van der Waals surface area (Å²) in [6, 6.07) is 2.53. The quantitative estimate of drug-likeness (QED) is 0.709. The van der Waals surface area contributed by atoms with Gasteiger partial charge in [-0.2, -0.15) is 9.94 Å². The molecule has 0 aliphatic carbocycles. The molecule has 9 nitrogen and oxygen atoms in total. The first kappa shape index (κ1) is 18.3. The minimum Gasteiger partial charge on any atom is -0.487 e. The van der Waals surface area contributed by atoms with E-state index in [1.807, 2.05) is 4.90 Å². The van der Waals surface area contributed by atoms with E-state index in [1.165, 1.54) is 4.57 Å². The molecule has 0 saturated carbocycles. The van der Waals surface area contributed by atoms with E-state index in [1.54, 1.807) is 6.92 Å². The largest absolute Gasteiger partial charge is 0.487 e. The van der Waals surface area contributed by atoms with Gasteiger partial charge >= 0.3 is 5.69 Å². The van der Waals surface area contributed by atoms with E-state index in [9.17, 15) is 9.59 Å². The molecule has 4 N–H and O–H groups in total. The molecule has 2 aromatic rings. The molecule has 1 aromatic carbocycles. The monoisotopic (exact) mass is 388 g/mol. The first-order valence-electron chi connectivity index (χ1n) is 9.14. The highest BCUT2D eigenvalue weighted by Crippen LogP contribution is 2.42. The van der Waals surface area contributed by atoms with Crippen molar-refractivity contribution in [3.8, 4) is 11.8 Å². The average Bonchev–Trinajstić information content (AvgIpc) is 3.14. The van der Waals surface area contributed by atoms with Crippen LogP contribution in [0.1, 0.15) is 25.8 Å². The second-order valence-electron chi connectivity index (χ2n) is 7.44. The molecule has 10 heteroatoms. The van der Waals surface area contributed by atoms with Crippen LogP contribution >= 0.6 is 0 Å². The zero-order valence-electron chi connectivity index (χ0n) is 15.4. The van der Waals surface area contributed by atoms with Crippen LogP contribution in [0.2, 0.25) is 0 Å². The minimum atomic E-state index is -0.768. The Morgan fingerprint density at radius 1 is 1.46 bits per heavy atom. The molecule has 0 amide bonds. The lowest BCUT2D eigenvalue weighted by Gasteiger charge is -2.30. The van der Waals surface area contributed by atoms with E-state index in [0.29, 0.717) is 24.2 Å². The van der Waals surface area contributed by atoms with Gasteiger partial charge in [0.1, 0.15) is 17.8 Å². The summed E-state index contributed by atoms with van der Waals surface area (Å²) < 4.78 is 22.8.